The molecule has 1 rings (SSSR count). The number of benzene rings is 1. The number of aromatic hydroxyl groups is 1. The lowest BCUT2D eigenvalue weighted by Crippen LogP contribution is -2.32. The molecule has 1 unspecified atom stereocenters. The molecule has 0 heterocycles. The maximum Gasteiger partial charge on any atom is 0.320 e. The van der Waals surface area contributed by atoms with E-state index in [0.717, 1.165) is 0 Å². The molecule has 6 heteroatoms. The third kappa shape index (κ3) is 2.81. The van der Waals surface area contributed by atoms with Crippen molar-refractivity contribution in [2.75, 3.05) is 7.11 Å². The van der Waals surface area contributed by atoms with Crippen LogP contribution in [0.5, 0.6) is 11.5 Å². The molecule has 0 aliphatic heterocycles. The van der Waals surface area contributed by atoms with Crippen molar-refractivity contribution in [1.29, 1.82) is 0 Å². The highest BCUT2D eigenvalue weighted by atomic mass is 35.5. The first kappa shape index (κ1) is 13.6. The van der Waals surface area contributed by atoms with Crippen LogP contribution < -0.4 is 10.5 Å². The fourth-order valence-corrected chi connectivity index (χ4v) is 1.93. The van der Waals surface area contributed by atoms with Crippen LogP contribution in [0.15, 0.2) is 6.07 Å². The number of carbonyl (C=O) groups is 1. The Balaban J connectivity index is 3.20. The van der Waals surface area contributed by atoms with E-state index in [4.69, 9.17) is 27.2 Å². The van der Waals surface area contributed by atoms with Gasteiger partial charge in [0.15, 0.2) is 11.5 Å². The molecule has 0 spiro atoms. The SMILES string of the molecule is COc1c(O)cc(C)c(CC(N)C(=O)O)c1Cl. The summed E-state index contributed by atoms with van der Waals surface area (Å²) in [5.74, 6) is -1.06. The Bertz CT molecular complexity index is 448. The summed E-state index contributed by atoms with van der Waals surface area (Å²) in [5, 5.41) is 18.5. The zero-order valence-electron chi connectivity index (χ0n) is 9.53. The van der Waals surface area contributed by atoms with Gasteiger partial charge in [-0.1, -0.05) is 11.6 Å². The third-order valence-corrected chi connectivity index (χ3v) is 2.87. The summed E-state index contributed by atoms with van der Waals surface area (Å²) >= 11 is 6.03. The van der Waals surface area contributed by atoms with Crippen molar-refractivity contribution in [3.05, 3.63) is 22.2 Å². The van der Waals surface area contributed by atoms with Crippen molar-refractivity contribution in [2.45, 2.75) is 19.4 Å². The van der Waals surface area contributed by atoms with Crippen LogP contribution in [0.4, 0.5) is 0 Å². The Kier molecular flexibility index (Phi) is 4.20. The van der Waals surface area contributed by atoms with Crippen LogP contribution in [0.2, 0.25) is 5.02 Å². The van der Waals surface area contributed by atoms with Gasteiger partial charge in [-0.25, -0.2) is 0 Å². The van der Waals surface area contributed by atoms with E-state index in [2.05, 4.69) is 0 Å². The van der Waals surface area contributed by atoms with Crippen LogP contribution in [-0.4, -0.2) is 29.3 Å². The molecule has 4 N–H and O–H groups in total. The summed E-state index contributed by atoms with van der Waals surface area (Å²) in [6.45, 7) is 1.72. The summed E-state index contributed by atoms with van der Waals surface area (Å²) in [5.41, 5.74) is 6.69. The average Bonchev–Trinajstić information content (AvgIpc) is 2.24. The second-order valence-corrected chi connectivity index (χ2v) is 4.07. The Morgan fingerprint density at radius 2 is 2.24 bits per heavy atom. The molecule has 17 heavy (non-hydrogen) atoms. The molecule has 0 fully saturated rings. The first-order valence-electron chi connectivity index (χ1n) is 4.91. The van der Waals surface area contributed by atoms with Gasteiger partial charge in [0.05, 0.1) is 12.1 Å². The topological polar surface area (TPSA) is 92.8 Å². The normalized spacial score (nSPS) is 12.2. The number of halogens is 1. The lowest BCUT2D eigenvalue weighted by Gasteiger charge is -2.15. The Labute approximate surface area is 104 Å². The zero-order chi connectivity index (χ0) is 13.2. The number of nitrogens with two attached hydrogens (primary N) is 1. The predicted octanol–water partition coefficient (Wildman–Crippen LogP) is 1.32. The largest absolute Gasteiger partial charge is 0.504 e. The highest BCUT2D eigenvalue weighted by Gasteiger charge is 2.20. The monoisotopic (exact) mass is 259 g/mol. The summed E-state index contributed by atoms with van der Waals surface area (Å²) in [7, 11) is 1.37. The molecule has 1 aromatic carbocycles. The first-order valence-corrected chi connectivity index (χ1v) is 5.29. The molecular formula is C11H14ClNO4. The van der Waals surface area contributed by atoms with Crippen molar-refractivity contribution in [1.82, 2.24) is 0 Å². The van der Waals surface area contributed by atoms with Gasteiger partial charge in [0.2, 0.25) is 0 Å². The zero-order valence-corrected chi connectivity index (χ0v) is 10.3. The van der Waals surface area contributed by atoms with E-state index in [-0.39, 0.29) is 22.9 Å². The van der Waals surface area contributed by atoms with Gasteiger partial charge < -0.3 is 20.7 Å². The maximum atomic E-state index is 10.7. The number of methoxy groups -OCH3 is 1. The summed E-state index contributed by atoms with van der Waals surface area (Å²) in [6, 6.07) is 0.426. The van der Waals surface area contributed by atoms with Crippen LogP contribution in [-0.2, 0) is 11.2 Å². The lowest BCUT2D eigenvalue weighted by molar-refractivity contribution is -0.138. The molecule has 0 bridgehead atoms. The smallest absolute Gasteiger partial charge is 0.320 e. The molecule has 1 atom stereocenters. The molecule has 0 aromatic heterocycles. The highest BCUT2D eigenvalue weighted by Crippen LogP contribution is 2.39. The van der Waals surface area contributed by atoms with Crippen LogP contribution in [0.25, 0.3) is 0 Å². The lowest BCUT2D eigenvalue weighted by atomic mass is 10.0. The van der Waals surface area contributed by atoms with E-state index in [1.807, 2.05) is 0 Å². The van der Waals surface area contributed by atoms with E-state index in [0.29, 0.717) is 11.1 Å². The summed E-state index contributed by atoms with van der Waals surface area (Å²) < 4.78 is 4.94. The highest BCUT2D eigenvalue weighted by molar-refractivity contribution is 6.33. The van der Waals surface area contributed by atoms with E-state index < -0.39 is 12.0 Å². The molecule has 0 saturated heterocycles. The van der Waals surface area contributed by atoms with Gasteiger partial charge in [0.1, 0.15) is 6.04 Å². The summed E-state index contributed by atoms with van der Waals surface area (Å²) in [4.78, 5) is 10.7. The van der Waals surface area contributed by atoms with Crippen molar-refractivity contribution in [3.63, 3.8) is 0 Å². The van der Waals surface area contributed by atoms with Crippen molar-refractivity contribution in [3.8, 4) is 11.5 Å². The molecule has 1 aromatic rings. The minimum Gasteiger partial charge on any atom is -0.504 e. The molecule has 94 valence electrons. The molecule has 0 radical (unpaired) electrons. The van der Waals surface area contributed by atoms with Gasteiger partial charge in [-0.05, 0) is 24.1 Å². The molecule has 0 amide bonds. The van der Waals surface area contributed by atoms with Crippen LogP contribution in [0, 0.1) is 6.92 Å². The van der Waals surface area contributed by atoms with E-state index in [1.165, 1.54) is 13.2 Å². The maximum absolute atomic E-state index is 10.7. The third-order valence-electron chi connectivity index (χ3n) is 2.47. The Hall–Kier alpha value is -1.46. The molecule has 0 aliphatic carbocycles. The number of hydrogen-bond donors (Lipinski definition) is 3. The van der Waals surface area contributed by atoms with E-state index >= 15 is 0 Å². The van der Waals surface area contributed by atoms with Gasteiger partial charge >= 0.3 is 5.97 Å². The number of carboxylic acid groups (broad SMARTS) is 1. The second kappa shape index (κ2) is 5.25. The van der Waals surface area contributed by atoms with Crippen molar-refractivity contribution >= 4 is 17.6 Å². The van der Waals surface area contributed by atoms with Gasteiger partial charge in [-0.3, -0.25) is 4.79 Å². The molecule has 5 nitrogen and oxygen atoms in total. The molecular weight excluding hydrogens is 246 g/mol. The molecule has 0 aliphatic rings. The number of phenols is 1. The number of aryl methyl sites for hydroxylation is 1. The van der Waals surface area contributed by atoms with Gasteiger partial charge in [-0.15, -0.1) is 0 Å². The fourth-order valence-electron chi connectivity index (χ4n) is 1.53. The second-order valence-electron chi connectivity index (χ2n) is 3.69. The van der Waals surface area contributed by atoms with E-state index in [1.54, 1.807) is 6.92 Å². The van der Waals surface area contributed by atoms with E-state index in [9.17, 15) is 9.90 Å². The van der Waals surface area contributed by atoms with Crippen LogP contribution in [0.1, 0.15) is 11.1 Å². The Morgan fingerprint density at radius 1 is 1.65 bits per heavy atom. The first-order chi connectivity index (χ1) is 7.88. The number of carboxylic acids is 1. The number of aliphatic carboxylic acids is 1. The number of ether oxygens (including phenoxy) is 1. The summed E-state index contributed by atoms with van der Waals surface area (Å²) in [6.07, 6.45) is 0.0800. The number of phenolic OH excluding ortho intramolecular Hbond substituents is 1. The van der Waals surface area contributed by atoms with Gasteiger partial charge in [0, 0.05) is 6.42 Å². The Morgan fingerprint density at radius 3 is 2.71 bits per heavy atom. The average molecular weight is 260 g/mol. The van der Waals surface area contributed by atoms with Crippen LogP contribution in [0.3, 0.4) is 0 Å². The standard InChI is InChI=1S/C11H14ClNO4/c1-5-3-8(14)10(17-2)9(12)6(5)4-7(13)11(15)16/h3,7,14H,4,13H2,1-2H3,(H,15,16). The van der Waals surface area contributed by atoms with Gasteiger partial charge in [0.25, 0.3) is 0 Å². The van der Waals surface area contributed by atoms with Gasteiger partial charge in [-0.2, -0.15) is 0 Å². The van der Waals surface area contributed by atoms with Crippen LogP contribution >= 0.6 is 11.6 Å². The fraction of sp³-hybridized carbons (Fsp3) is 0.364. The predicted molar refractivity (Wildman–Crippen MR) is 63.7 cm³/mol. The van der Waals surface area contributed by atoms with Crippen molar-refractivity contribution in [2.24, 2.45) is 5.73 Å². The number of hydrogen-bond acceptors (Lipinski definition) is 4. The molecule has 0 saturated carbocycles. The minimum atomic E-state index is -1.10. The van der Waals surface area contributed by atoms with Crippen molar-refractivity contribution < 1.29 is 19.7 Å². The number of rotatable bonds is 4. The quantitative estimate of drug-likeness (QED) is 0.758. The minimum absolute atomic E-state index is 0.0800.